The molecule has 0 aliphatic heterocycles. The monoisotopic (exact) mass is 210 g/mol. The normalized spacial score (nSPS) is 10.4. The highest BCUT2D eigenvalue weighted by atomic mass is 32.1. The minimum absolute atomic E-state index is 0.553. The second kappa shape index (κ2) is 3.79. The molecule has 0 aliphatic rings. The molecular formula is C9H10N2O2S. The predicted molar refractivity (Wildman–Crippen MR) is 53.5 cm³/mol. The van der Waals surface area contributed by atoms with E-state index in [-0.39, 0.29) is 0 Å². The van der Waals surface area contributed by atoms with E-state index >= 15 is 0 Å². The number of aromatic nitrogens is 2. The van der Waals surface area contributed by atoms with Crippen LogP contribution in [0.5, 0.6) is 5.88 Å². The Labute approximate surface area is 85.5 Å². The van der Waals surface area contributed by atoms with Crippen LogP contribution in [-0.2, 0) is 0 Å². The van der Waals surface area contributed by atoms with Gasteiger partial charge in [0.05, 0.1) is 12.2 Å². The van der Waals surface area contributed by atoms with Gasteiger partial charge in [-0.1, -0.05) is 0 Å². The molecule has 74 valence electrons. The van der Waals surface area contributed by atoms with Crippen LogP contribution in [0.25, 0.3) is 10.8 Å². The van der Waals surface area contributed by atoms with Gasteiger partial charge in [-0.05, 0) is 19.0 Å². The summed E-state index contributed by atoms with van der Waals surface area (Å²) < 4.78 is 10.5. The van der Waals surface area contributed by atoms with Crippen LogP contribution < -0.4 is 4.74 Å². The van der Waals surface area contributed by atoms with E-state index in [1.807, 2.05) is 19.2 Å². The molecule has 14 heavy (non-hydrogen) atoms. The van der Waals surface area contributed by atoms with E-state index in [9.17, 15) is 0 Å². The SMILES string of the molecule is CCOc1noc(-c2nccs2)c1C. The Bertz CT molecular complexity index is 408. The van der Waals surface area contributed by atoms with Crippen molar-refractivity contribution in [2.75, 3.05) is 6.61 Å². The minimum atomic E-state index is 0.553. The molecule has 0 amide bonds. The van der Waals surface area contributed by atoms with Gasteiger partial charge in [0.15, 0.2) is 5.01 Å². The van der Waals surface area contributed by atoms with Crippen LogP contribution in [0.3, 0.4) is 0 Å². The van der Waals surface area contributed by atoms with Crippen LogP contribution >= 0.6 is 11.3 Å². The van der Waals surface area contributed by atoms with E-state index in [0.717, 1.165) is 10.6 Å². The van der Waals surface area contributed by atoms with Crippen molar-refractivity contribution >= 4 is 11.3 Å². The molecule has 2 aromatic heterocycles. The number of rotatable bonds is 3. The molecule has 0 fully saturated rings. The molecular weight excluding hydrogens is 200 g/mol. The zero-order valence-corrected chi connectivity index (χ0v) is 8.80. The lowest BCUT2D eigenvalue weighted by Crippen LogP contribution is -1.92. The number of hydrogen-bond donors (Lipinski definition) is 0. The second-order valence-electron chi connectivity index (χ2n) is 2.71. The molecule has 2 heterocycles. The molecule has 0 saturated carbocycles. The molecule has 0 bridgehead atoms. The summed E-state index contributed by atoms with van der Waals surface area (Å²) in [5, 5.41) is 6.57. The molecule has 0 aromatic carbocycles. The Hall–Kier alpha value is -1.36. The third kappa shape index (κ3) is 1.50. The fraction of sp³-hybridized carbons (Fsp3) is 0.333. The number of nitrogens with zero attached hydrogens (tertiary/aromatic N) is 2. The van der Waals surface area contributed by atoms with Gasteiger partial charge in [0.2, 0.25) is 5.76 Å². The number of ether oxygens (including phenoxy) is 1. The van der Waals surface area contributed by atoms with E-state index in [4.69, 9.17) is 9.26 Å². The summed E-state index contributed by atoms with van der Waals surface area (Å²) >= 11 is 1.52. The lowest BCUT2D eigenvalue weighted by molar-refractivity contribution is 0.295. The summed E-state index contributed by atoms with van der Waals surface area (Å²) in [7, 11) is 0. The molecule has 2 rings (SSSR count). The van der Waals surface area contributed by atoms with Gasteiger partial charge in [0, 0.05) is 11.6 Å². The fourth-order valence-corrected chi connectivity index (χ4v) is 1.80. The molecule has 0 N–H and O–H groups in total. The van der Waals surface area contributed by atoms with Crippen LogP contribution in [0.15, 0.2) is 16.1 Å². The third-order valence-corrected chi connectivity index (χ3v) is 2.56. The molecule has 0 unspecified atom stereocenters. The van der Waals surface area contributed by atoms with Crippen molar-refractivity contribution in [2.45, 2.75) is 13.8 Å². The van der Waals surface area contributed by atoms with E-state index in [0.29, 0.717) is 18.2 Å². The van der Waals surface area contributed by atoms with Gasteiger partial charge in [0.25, 0.3) is 5.88 Å². The highest BCUT2D eigenvalue weighted by Gasteiger charge is 2.16. The second-order valence-corrected chi connectivity index (χ2v) is 3.61. The van der Waals surface area contributed by atoms with Crippen LogP contribution in [0.4, 0.5) is 0 Å². The van der Waals surface area contributed by atoms with Crippen molar-refractivity contribution in [2.24, 2.45) is 0 Å². The standard InChI is InChI=1S/C9H10N2O2S/c1-3-12-8-6(2)7(13-11-8)9-10-4-5-14-9/h4-5H,3H2,1-2H3. The van der Waals surface area contributed by atoms with E-state index < -0.39 is 0 Å². The Kier molecular flexibility index (Phi) is 2.49. The van der Waals surface area contributed by atoms with Gasteiger partial charge >= 0.3 is 0 Å². The summed E-state index contributed by atoms with van der Waals surface area (Å²) in [6, 6.07) is 0. The average molecular weight is 210 g/mol. The first-order chi connectivity index (χ1) is 6.83. The van der Waals surface area contributed by atoms with Gasteiger partial charge < -0.3 is 9.26 Å². The highest BCUT2D eigenvalue weighted by molar-refractivity contribution is 7.13. The molecule has 4 nitrogen and oxygen atoms in total. The Morgan fingerprint density at radius 3 is 3.07 bits per heavy atom. The lowest BCUT2D eigenvalue weighted by atomic mass is 10.3. The van der Waals surface area contributed by atoms with E-state index in [1.165, 1.54) is 11.3 Å². The first-order valence-electron chi connectivity index (χ1n) is 4.32. The summed E-state index contributed by atoms with van der Waals surface area (Å²) in [5.74, 6) is 1.25. The maximum absolute atomic E-state index is 5.29. The van der Waals surface area contributed by atoms with Crippen molar-refractivity contribution in [1.29, 1.82) is 0 Å². The third-order valence-electron chi connectivity index (χ3n) is 1.79. The number of thiazole rings is 1. The first-order valence-corrected chi connectivity index (χ1v) is 5.19. The summed E-state index contributed by atoms with van der Waals surface area (Å²) in [5.41, 5.74) is 0.904. The average Bonchev–Trinajstić information content (AvgIpc) is 2.77. The minimum Gasteiger partial charge on any atom is -0.476 e. The van der Waals surface area contributed by atoms with Crippen LogP contribution in [-0.4, -0.2) is 16.7 Å². The van der Waals surface area contributed by atoms with E-state index in [1.54, 1.807) is 6.20 Å². The molecule has 2 aromatic rings. The molecule has 0 aliphatic carbocycles. The quantitative estimate of drug-likeness (QED) is 0.781. The van der Waals surface area contributed by atoms with Crippen molar-refractivity contribution in [3.8, 4) is 16.6 Å². The molecule has 0 atom stereocenters. The summed E-state index contributed by atoms with van der Waals surface area (Å²) in [6.07, 6.45) is 1.74. The Morgan fingerprint density at radius 2 is 2.43 bits per heavy atom. The van der Waals surface area contributed by atoms with Gasteiger partial charge in [-0.15, -0.1) is 11.3 Å². The molecule has 0 saturated heterocycles. The van der Waals surface area contributed by atoms with Crippen molar-refractivity contribution in [3.05, 3.63) is 17.1 Å². The fourth-order valence-electron chi connectivity index (χ4n) is 1.13. The van der Waals surface area contributed by atoms with Crippen LogP contribution in [0, 0.1) is 6.92 Å². The summed E-state index contributed by atoms with van der Waals surface area (Å²) in [4.78, 5) is 4.15. The van der Waals surface area contributed by atoms with Crippen molar-refractivity contribution in [1.82, 2.24) is 10.1 Å². The van der Waals surface area contributed by atoms with Gasteiger partial charge in [0.1, 0.15) is 0 Å². The zero-order valence-electron chi connectivity index (χ0n) is 7.98. The first kappa shape index (κ1) is 9.21. The predicted octanol–water partition coefficient (Wildman–Crippen LogP) is 2.51. The van der Waals surface area contributed by atoms with Gasteiger partial charge in [-0.3, -0.25) is 0 Å². The Morgan fingerprint density at radius 1 is 1.57 bits per heavy atom. The van der Waals surface area contributed by atoms with Gasteiger partial charge in [-0.25, -0.2) is 4.98 Å². The lowest BCUT2D eigenvalue weighted by Gasteiger charge is -1.96. The largest absolute Gasteiger partial charge is 0.476 e. The van der Waals surface area contributed by atoms with Crippen LogP contribution in [0.2, 0.25) is 0 Å². The maximum Gasteiger partial charge on any atom is 0.257 e. The zero-order chi connectivity index (χ0) is 9.97. The maximum atomic E-state index is 5.29. The molecule has 0 spiro atoms. The van der Waals surface area contributed by atoms with Crippen molar-refractivity contribution < 1.29 is 9.26 Å². The topological polar surface area (TPSA) is 48.2 Å². The summed E-state index contributed by atoms with van der Waals surface area (Å²) in [6.45, 7) is 4.42. The Balaban J connectivity index is 2.36. The molecule has 0 radical (unpaired) electrons. The van der Waals surface area contributed by atoms with Crippen molar-refractivity contribution in [3.63, 3.8) is 0 Å². The molecule has 5 heteroatoms. The van der Waals surface area contributed by atoms with Gasteiger partial charge in [-0.2, -0.15) is 0 Å². The van der Waals surface area contributed by atoms with E-state index in [2.05, 4.69) is 10.1 Å². The highest BCUT2D eigenvalue weighted by Crippen LogP contribution is 2.30. The smallest absolute Gasteiger partial charge is 0.257 e. The van der Waals surface area contributed by atoms with Crippen LogP contribution in [0.1, 0.15) is 12.5 Å². The number of hydrogen-bond acceptors (Lipinski definition) is 5.